The van der Waals surface area contributed by atoms with Crippen molar-refractivity contribution in [3.05, 3.63) is 35.4 Å². The first kappa shape index (κ1) is 13.9. The number of hydrogen-bond donors (Lipinski definition) is 1. The zero-order chi connectivity index (χ0) is 13.6. The number of nitrogens with one attached hydrogen (secondary N) is 1. The molecule has 0 spiro atoms. The summed E-state index contributed by atoms with van der Waals surface area (Å²) in [5.74, 6) is 0. The highest BCUT2D eigenvalue weighted by Gasteiger charge is 2.40. The first-order chi connectivity index (χ1) is 8.22. The Morgan fingerprint density at radius 3 is 2.50 bits per heavy atom. The minimum Gasteiger partial charge on any atom is -0.598 e. The highest BCUT2D eigenvalue weighted by atomic mass is 32.2. The van der Waals surface area contributed by atoms with Crippen molar-refractivity contribution in [2.24, 2.45) is 0 Å². The maximum atomic E-state index is 12.2. The monoisotopic (exact) mass is 265 g/mol. The van der Waals surface area contributed by atoms with E-state index in [-0.39, 0.29) is 16.2 Å². The maximum Gasteiger partial charge on any atom is 0.136 e. The Bertz CT molecular complexity index is 436. The summed E-state index contributed by atoms with van der Waals surface area (Å²) in [6.07, 6.45) is 1.01. The average Bonchev–Trinajstić information content (AvgIpc) is 2.50. The van der Waals surface area contributed by atoms with Gasteiger partial charge >= 0.3 is 0 Å². The van der Waals surface area contributed by atoms with Crippen LogP contribution in [0, 0.1) is 0 Å². The molecular weight excluding hydrogens is 242 g/mol. The Labute approximate surface area is 113 Å². The normalized spacial score (nSPS) is 23.8. The van der Waals surface area contributed by atoms with E-state index in [9.17, 15) is 4.55 Å². The van der Waals surface area contributed by atoms with E-state index in [4.69, 9.17) is 0 Å². The van der Waals surface area contributed by atoms with Crippen LogP contribution in [0.15, 0.2) is 24.3 Å². The molecular formula is C15H23NOS. The Kier molecular flexibility index (Phi) is 3.52. The number of rotatable bonds is 2. The van der Waals surface area contributed by atoms with Crippen molar-refractivity contribution in [1.29, 1.82) is 0 Å². The summed E-state index contributed by atoms with van der Waals surface area (Å²) in [5.41, 5.74) is 2.85. The highest BCUT2D eigenvalue weighted by Crippen LogP contribution is 2.44. The summed E-state index contributed by atoms with van der Waals surface area (Å²) in [5, 5.41) is 0. The van der Waals surface area contributed by atoms with E-state index in [1.54, 1.807) is 0 Å². The van der Waals surface area contributed by atoms with Crippen LogP contribution in [-0.2, 0) is 16.8 Å². The van der Waals surface area contributed by atoms with Gasteiger partial charge in [-0.05, 0) is 43.7 Å². The quantitative estimate of drug-likeness (QED) is 0.831. The Balaban J connectivity index is 2.23. The topological polar surface area (TPSA) is 35.1 Å². The molecule has 1 aromatic carbocycles. The van der Waals surface area contributed by atoms with Gasteiger partial charge in [0.15, 0.2) is 0 Å². The second-order valence-corrected chi connectivity index (χ2v) is 8.72. The van der Waals surface area contributed by atoms with Gasteiger partial charge in [-0.25, -0.2) is 0 Å². The molecule has 0 saturated heterocycles. The molecule has 1 unspecified atom stereocenters. The van der Waals surface area contributed by atoms with Crippen LogP contribution < -0.4 is 4.72 Å². The summed E-state index contributed by atoms with van der Waals surface area (Å²) >= 11 is -1.02. The van der Waals surface area contributed by atoms with E-state index in [1.165, 1.54) is 11.1 Å². The van der Waals surface area contributed by atoms with Crippen LogP contribution in [0.4, 0.5) is 0 Å². The molecule has 1 aromatic rings. The largest absolute Gasteiger partial charge is 0.598 e. The van der Waals surface area contributed by atoms with Crippen molar-refractivity contribution in [3.63, 3.8) is 0 Å². The predicted octanol–water partition coefficient (Wildman–Crippen LogP) is 3.46. The molecule has 0 saturated carbocycles. The van der Waals surface area contributed by atoms with Crippen LogP contribution in [0.5, 0.6) is 0 Å². The molecule has 18 heavy (non-hydrogen) atoms. The number of benzene rings is 1. The first-order valence-corrected chi connectivity index (χ1v) is 7.64. The fourth-order valence-electron chi connectivity index (χ4n) is 2.56. The van der Waals surface area contributed by atoms with E-state index >= 15 is 0 Å². The third kappa shape index (κ3) is 2.58. The zero-order valence-corrected chi connectivity index (χ0v) is 12.7. The molecule has 0 bridgehead atoms. The van der Waals surface area contributed by atoms with E-state index in [1.807, 2.05) is 20.8 Å². The van der Waals surface area contributed by atoms with Gasteiger partial charge in [0, 0.05) is 11.4 Å². The molecule has 0 amide bonds. The van der Waals surface area contributed by atoms with E-state index in [0.29, 0.717) is 0 Å². The Morgan fingerprint density at radius 2 is 1.89 bits per heavy atom. The Hall–Kier alpha value is -0.510. The first-order valence-electron chi connectivity index (χ1n) is 6.49. The second-order valence-electron chi connectivity index (χ2n) is 6.73. The molecule has 0 heterocycles. The van der Waals surface area contributed by atoms with E-state index in [0.717, 1.165) is 6.42 Å². The van der Waals surface area contributed by atoms with Crippen LogP contribution in [0.25, 0.3) is 0 Å². The second kappa shape index (κ2) is 4.55. The molecule has 1 N–H and O–H groups in total. The lowest BCUT2D eigenvalue weighted by Gasteiger charge is -2.27. The van der Waals surface area contributed by atoms with Crippen LogP contribution >= 0.6 is 0 Å². The van der Waals surface area contributed by atoms with Crippen LogP contribution in [0.2, 0.25) is 0 Å². The van der Waals surface area contributed by atoms with Gasteiger partial charge in [-0.15, -0.1) is 4.72 Å². The molecule has 100 valence electrons. The minimum absolute atomic E-state index is 0.163. The smallest absolute Gasteiger partial charge is 0.136 e. The van der Waals surface area contributed by atoms with Gasteiger partial charge in [0.05, 0.1) is 6.04 Å². The molecule has 1 aliphatic rings. The van der Waals surface area contributed by atoms with Gasteiger partial charge in [0.2, 0.25) is 0 Å². The maximum absolute atomic E-state index is 12.2. The fourth-order valence-corrected chi connectivity index (χ4v) is 3.38. The third-order valence-corrected chi connectivity index (χ3v) is 5.20. The van der Waals surface area contributed by atoms with Crippen molar-refractivity contribution in [3.8, 4) is 0 Å². The van der Waals surface area contributed by atoms with Gasteiger partial charge in [0.1, 0.15) is 4.75 Å². The van der Waals surface area contributed by atoms with Crippen molar-refractivity contribution in [2.75, 3.05) is 0 Å². The average molecular weight is 265 g/mol. The van der Waals surface area contributed by atoms with Gasteiger partial charge in [-0.3, -0.25) is 0 Å². The summed E-state index contributed by atoms with van der Waals surface area (Å²) < 4.78 is 15.3. The van der Waals surface area contributed by atoms with Gasteiger partial charge in [0.25, 0.3) is 0 Å². The van der Waals surface area contributed by atoms with Crippen molar-refractivity contribution in [1.82, 2.24) is 4.72 Å². The van der Waals surface area contributed by atoms with Gasteiger partial charge < -0.3 is 4.55 Å². The molecule has 0 fully saturated rings. The molecule has 3 heteroatoms. The predicted molar refractivity (Wildman–Crippen MR) is 77.9 cm³/mol. The van der Waals surface area contributed by atoms with Crippen LogP contribution in [-0.4, -0.2) is 9.30 Å². The Morgan fingerprint density at radius 1 is 1.28 bits per heavy atom. The van der Waals surface area contributed by atoms with E-state index < -0.39 is 11.4 Å². The molecule has 1 aliphatic carbocycles. The third-order valence-electron chi connectivity index (χ3n) is 3.59. The van der Waals surface area contributed by atoms with E-state index in [2.05, 4.69) is 42.8 Å². The lowest BCUT2D eigenvalue weighted by Crippen LogP contribution is -2.41. The highest BCUT2D eigenvalue weighted by molar-refractivity contribution is 7.90. The number of fused-ring (bicyclic) bond motifs is 1. The summed E-state index contributed by atoms with van der Waals surface area (Å²) in [4.78, 5) is 0. The zero-order valence-electron chi connectivity index (χ0n) is 11.9. The number of hydrogen-bond acceptors (Lipinski definition) is 2. The molecule has 0 radical (unpaired) electrons. The summed E-state index contributed by atoms with van der Waals surface area (Å²) in [7, 11) is 0. The SMILES string of the molecule is CC1(C)C[C@@H](N[S+]([O-])C(C)(C)C)c2ccccc21. The molecule has 2 rings (SSSR count). The molecule has 2 nitrogen and oxygen atoms in total. The lowest BCUT2D eigenvalue weighted by atomic mass is 9.87. The van der Waals surface area contributed by atoms with Gasteiger partial charge in [-0.2, -0.15) is 0 Å². The minimum atomic E-state index is -1.02. The summed E-state index contributed by atoms with van der Waals surface area (Å²) in [6.45, 7) is 10.5. The molecule has 2 atom stereocenters. The summed E-state index contributed by atoms with van der Waals surface area (Å²) in [6, 6.07) is 8.70. The van der Waals surface area contributed by atoms with Crippen molar-refractivity contribution >= 4 is 11.4 Å². The van der Waals surface area contributed by atoms with Crippen LogP contribution in [0.1, 0.15) is 58.2 Å². The van der Waals surface area contributed by atoms with Crippen LogP contribution in [0.3, 0.4) is 0 Å². The fraction of sp³-hybridized carbons (Fsp3) is 0.600. The standard InChI is InChI=1S/C15H23NOS/c1-14(2,3)18(17)16-13-10-15(4,5)12-9-7-6-8-11(12)13/h6-9,13,16H,10H2,1-5H3/t13-,18?/m1/s1. The lowest BCUT2D eigenvalue weighted by molar-refractivity contribution is 0.452. The van der Waals surface area contributed by atoms with Gasteiger partial charge in [-0.1, -0.05) is 38.1 Å². The molecule has 0 aromatic heterocycles. The van der Waals surface area contributed by atoms with Crippen molar-refractivity contribution in [2.45, 2.75) is 57.2 Å². The molecule has 0 aliphatic heterocycles. The van der Waals surface area contributed by atoms with Crippen molar-refractivity contribution < 1.29 is 4.55 Å².